The van der Waals surface area contributed by atoms with Crippen molar-refractivity contribution < 1.29 is 13.2 Å². The first kappa shape index (κ1) is 22.8. The van der Waals surface area contributed by atoms with Crippen molar-refractivity contribution in [1.29, 1.82) is 0 Å². The van der Waals surface area contributed by atoms with E-state index in [9.17, 15) is 13.2 Å². The molecule has 1 saturated heterocycles. The highest BCUT2D eigenvalue weighted by Gasteiger charge is 2.30. The van der Waals surface area contributed by atoms with Crippen molar-refractivity contribution in [1.82, 2.24) is 28.8 Å². The van der Waals surface area contributed by atoms with Crippen LogP contribution in [0.15, 0.2) is 58.6 Å². The molecule has 0 aliphatic carbocycles. The van der Waals surface area contributed by atoms with Gasteiger partial charge in [-0.1, -0.05) is 42.1 Å². The van der Waals surface area contributed by atoms with Gasteiger partial charge in [0.1, 0.15) is 0 Å². The van der Waals surface area contributed by atoms with Crippen LogP contribution in [0, 0.1) is 13.8 Å². The Kier molecular flexibility index (Phi) is 6.00. The van der Waals surface area contributed by atoms with Crippen LogP contribution < -0.4 is 0 Å². The van der Waals surface area contributed by atoms with Gasteiger partial charge in [-0.2, -0.15) is 9.29 Å². The normalized spacial score (nSPS) is 15.3. The van der Waals surface area contributed by atoms with E-state index in [0.717, 1.165) is 22.2 Å². The molecule has 9 nitrogen and oxygen atoms in total. The van der Waals surface area contributed by atoms with Gasteiger partial charge in [0.15, 0.2) is 0 Å². The summed E-state index contributed by atoms with van der Waals surface area (Å²) in [4.78, 5) is 23.5. The molecule has 3 heterocycles. The summed E-state index contributed by atoms with van der Waals surface area (Å²) in [6.07, 6.45) is 0. The summed E-state index contributed by atoms with van der Waals surface area (Å²) in [5, 5.41) is 6.79. The Labute approximate surface area is 201 Å². The first-order chi connectivity index (χ1) is 16.3. The lowest BCUT2D eigenvalue weighted by molar-refractivity contribution is -0.129. The maximum atomic E-state index is 13.1. The second-order valence-corrected chi connectivity index (χ2v) is 11.1. The van der Waals surface area contributed by atoms with Gasteiger partial charge in [0, 0.05) is 37.6 Å². The van der Waals surface area contributed by atoms with E-state index in [-0.39, 0.29) is 29.6 Å². The molecule has 4 aromatic rings. The highest BCUT2D eigenvalue weighted by Crippen LogP contribution is 2.23. The second kappa shape index (κ2) is 8.97. The van der Waals surface area contributed by atoms with Gasteiger partial charge in [-0.15, -0.1) is 5.10 Å². The Bertz CT molecular complexity index is 1490. The lowest BCUT2D eigenvalue weighted by Crippen LogP contribution is -2.50. The standard InChI is InChI=1S/C23H24N6O3S2/c1-16-13-17(2)29-22(24-16)25-23(26-29)33-15-21(30)27-9-11-28(12-10-27)34(31,32)20-8-7-18-5-3-4-6-19(18)14-20/h3-8,13-14H,9-12,15H2,1-2H3. The SMILES string of the molecule is Cc1cc(C)n2nc(SCC(=O)N3CCN(S(=O)(=O)c4ccc5ccccc5c4)CC3)nc2n1. The fourth-order valence-electron chi connectivity index (χ4n) is 4.08. The van der Waals surface area contributed by atoms with Crippen molar-refractivity contribution in [2.24, 2.45) is 0 Å². The molecule has 0 unspecified atom stereocenters. The first-order valence-corrected chi connectivity index (χ1v) is 13.3. The molecule has 0 bridgehead atoms. The predicted molar refractivity (Wildman–Crippen MR) is 130 cm³/mol. The van der Waals surface area contributed by atoms with E-state index in [2.05, 4.69) is 15.1 Å². The van der Waals surface area contributed by atoms with Crippen molar-refractivity contribution in [2.75, 3.05) is 31.9 Å². The molecule has 0 atom stereocenters. The van der Waals surface area contributed by atoms with Crippen LogP contribution in [-0.2, 0) is 14.8 Å². The summed E-state index contributed by atoms with van der Waals surface area (Å²) >= 11 is 1.26. The molecule has 2 aromatic carbocycles. The Hall–Kier alpha value is -3.02. The number of sulfonamides is 1. The van der Waals surface area contributed by atoms with Crippen LogP contribution in [0.2, 0.25) is 0 Å². The molecule has 2 aromatic heterocycles. The van der Waals surface area contributed by atoms with Gasteiger partial charge in [-0.05, 0) is 42.8 Å². The topological polar surface area (TPSA) is 101 Å². The van der Waals surface area contributed by atoms with Gasteiger partial charge in [0.25, 0.3) is 5.78 Å². The van der Waals surface area contributed by atoms with Crippen LogP contribution in [-0.4, -0.2) is 75.0 Å². The number of amides is 1. The number of hydrogen-bond acceptors (Lipinski definition) is 7. The fraction of sp³-hybridized carbons (Fsp3) is 0.304. The van der Waals surface area contributed by atoms with Crippen molar-refractivity contribution in [3.63, 3.8) is 0 Å². The summed E-state index contributed by atoms with van der Waals surface area (Å²) in [7, 11) is -3.62. The van der Waals surface area contributed by atoms with Crippen molar-refractivity contribution in [3.8, 4) is 0 Å². The number of rotatable bonds is 5. The van der Waals surface area contributed by atoms with E-state index in [1.54, 1.807) is 21.5 Å². The minimum absolute atomic E-state index is 0.0625. The largest absolute Gasteiger partial charge is 0.339 e. The molecule has 1 aliphatic heterocycles. The molecule has 176 valence electrons. The number of benzene rings is 2. The lowest BCUT2D eigenvalue weighted by Gasteiger charge is -2.34. The number of hydrogen-bond donors (Lipinski definition) is 0. The Morgan fingerprint density at radius 2 is 1.71 bits per heavy atom. The zero-order valence-corrected chi connectivity index (χ0v) is 20.5. The second-order valence-electron chi connectivity index (χ2n) is 8.23. The number of nitrogens with zero attached hydrogens (tertiary/aromatic N) is 6. The number of fused-ring (bicyclic) bond motifs is 2. The van der Waals surface area contributed by atoms with E-state index >= 15 is 0 Å². The monoisotopic (exact) mass is 496 g/mol. The number of carbonyl (C=O) groups is 1. The third-order valence-corrected chi connectivity index (χ3v) is 8.59. The minimum atomic E-state index is -3.62. The van der Waals surface area contributed by atoms with E-state index < -0.39 is 10.0 Å². The molecule has 0 saturated carbocycles. The summed E-state index contributed by atoms with van der Waals surface area (Å²) in [5.74, 6) is 0.638. The average molecular weight is 497 g/mol. The molecule has 0 radical (unpaired) electrons. The maximum absolute atomic E-state index is 13.1. The van der Waals surface area contributed by atoms with Crippen molar-refractivity contribution in [2.45, 2.75) is 23.9 Å². The molecule has 1 fully saturated rings. The van der Waals surface area contributed by atoms with E-state index in [0.29, 0.717) is 24.0 Å². The Morgan fingerprint density at radius 1 is 0.971 bits per heavy atom. The lowest BCUT2D eigenvalue weighted by atomic mass is 10.1. The zero-order valence-electron chi connectivity index (χ0n) is 18.9. The van der Waals surface area contributed by atoms with Crippen LogP contribution >= 0.6 is 11.8 Å². The number of carbonyl (C=O) groups excluding carboxylic acids is 1. The minimum Gasteiger partial charge on any atom is -0.339 e. The van der Waals surface area contributed by atoms with Crippen LogP contribution in [0.25, 0.3) is 16.6 Å². The number of aryl methyl sites for hydroxylation is 2. The Morgan fingerprint density at radius 3 is 2.47 bits per heavy atom. The molecule has 1 aliphatic rings. The van der Waals surface area contributed by atoms with E-state index in [4.69, 9.17) is 0 Å². The highest BCUT2D eigenvalue weighted by atomic mass is 32.2. The zero-order chi connectivity index (χ0) is 23.9. The van der Waals surface area contributed by atoms with Crippen molar-refractivity contribution in [3.05, 3.63) is 59.9 Å². The summed E-state index contributed by atoms with van der Waals surface area (Å²) in [6.45, 7) is 5.07. The van der Waals surface area contributed by atoms with E-state index in [1.165, 1.54) is 16.1 Å². The van der Waals surface area contributed by atoms with Gasteiger partial charge in [-0.3, -0.25) is 4.79 Å². The van der Waals surface area contributed by atoms with Crippen LogP contribution in [0.1, 0.15) is 11.4 Å². The molecular weight excluding hydrogens is 472 g/mol. The number of aromatic nitrogens is 4. The Balaban J connectivity index is 1.20. The van der Waals surface area contributed by atoms with Gasteiger partial charge in [0.2, 0.25) is 21.1 Å². The fourth-order valence-corrected chi connectivity index (χ4v) is 6.26. The van der Waals surface area contributed by atoms with Crippen LogP contribution in [0.3, 0.4) is 0 Å². The van der Waals surface area contributed by atoms with Crippen LogP contribution in [0.4, 0.5) is 0 Å². The molecule has 5 rings (SSSR count). The van der Waals surface area contributed by atoms with Gasteiger partial charge in [-0.25, -0.2) is 17.9 Å². The maximum Gasteiger partial charge on any atom is 0.253 e. The summed E-state index contributed by atoms with van der Waals surface area (Å²) < 4.78 is 29.4. The van der Waals surface area contributed by atoms with Crippen molar-refractivity contribution >= 4 is 44.2 Å². The quantitative estimate of drug-likeness (QED) is 0.391. The third-order valence-electron chi connectivity index (χ3n) is 5.87. The third kappa shape index (κ3) is 4.38. The van der Waals surface area contributed by atoms with Gasteiger partial charge >= 0.3 is 0 Å². The number of thioether (sulfide) groups is 1. The molecule has 1 amide bonds. The van der Waals surface area contributed by atoms with Crippen LogP contribution in [0.5, 0.6) is 0 Å². The molecular formula is C23H24N6O3S2. The summed E-state index contributed by atoms with van der Waals surface area (Å²) in [5.41, 5.74) is 1.79. The van der Waals surface area contributed by atoms with Gasteiger partial charge < -0.3 is 4.90 Å². The predicted octanol–water partition coefficient (Wildman–Crippen LogP) is 2.52. The highest BCUT2D eigenvalue weighted by molar-refractivity contribution is 7.99. The first-order valence-electron chi connectivity index (χ1n) is 10.9. The average Bonchev–Trinajstić information content (AvgIpc) is 3.25. The van der Waals surface area contributed by atoms with E-state index in [1.807, 2.05) is 50.2 Å². The molecule has 0 spiro atoms. The molecule has 0 N–H and O–H groups in total. The summed E-state index contributed by atoms with van der Waals surface area (Å²) in [6, 6.07) is 14.8. The van der Waals surface area contributed by atoms with Gasteiger partial charge in [0.05, 0.1) is 10.6 Å². The molecule has 34 heavy (non-hydrogen) atoms. The number of piperazine rings is 1. The molecule has 11 heteroatoms. The smallest absolute Gasteiger partial charge is 0.253 e.